The van der Waals surface area contributed by atoms with E-state index in [1.54, 1.807) is 47.9 Å². The number of aromatic nitrogens is 1. The van der Waals surface area contributed by atoms with Gasteiger partial charge in [0.25, 0.3) is 10.0 Å². The highest BCUT2D eigenvalue weighted by Crippen LogP contribution is 2.28. The quantitative estimate of drug-likeness (QED) is 0.748. The van der Waals surface area contributed by atoms with Gasteiger partial charge in [-0.3, -0.25) is 0 Å². The largest absolute Gasteiger partial charge is 0.316 e. The molecule has 1 N–H and O–H groups in total. The maximum atomic E-state index is 12.9. The summed E-state index contributed by atoms with van der Waals surface area (Å²) in [6, 6.07) is 12.3. The van der Waals surface area contributed by atoms with Crippen LogP contribution in [0.1, 0.15) is 5.56 Å². The third kappa shape index (κ3) is 3.50. The predicted molar refractivity (Wildman–Crippen MR) is 96.8 cm³/mol. The number of nitrogens with one attached hydrogen (secondary N) is 1. The molecule has 0 saturated carbocycles. The maximum absolute atomic E-state index is 12.9. The smallest absolute Gasteiger partial charge is 0.268 e. The van der Waals surface area contributed by atoms with Crippen LogP contribution >= 0.6 is 23.7 Å². The topological polar surface area (TPSA) is 51.1 Å². The first-order valence-corrected chi connectivity index (χ1v) is 9.20. The fourth-order valence-corrected chi connectivity index (χ4v) is 4.39. The normalized spacial score (nSPS) is 11.2. The lowest BCUT2D eigenvalue weighted by Gasteiger charge is -2.09. The van der Waals surface area contributed by atoms with Crippen molar-refractivity contribution in [1.29, 1.82) is 0 Å². The first-order chi connectivity index (χ1) is 10.6. The molecular weight excluding hydrogens is 352 g/mol. The monoisotopic (exact) mass is 368 g/mol. The molecule has 0 saturated heterocycles. The van der Waals surface area contributed by atoms with Crippen LogP contribution in [0.15, 0.2) is 64.3 Å². The van der Waals surface area contributed by atoms with Crippen molar-refractivity contribution in [2.75, 3.05) is 7.05 Å². The zero-order valence-electron chi connectivity index (χ0n) is 12.5. The lowest BCUT2D eigenvalue weighted by Crippen LogP contribution is -2.13. The van der Waals surface area contributed by atoms with Crippen molar-refractivity contribution in [3.63, 3.8) is 0 Å². The Labute approximate surface area is 146 Å². The summed E-state index contributed by atoms with van der Waals surface area (Å²) in [6.07, 6.45) is 1.69. The van der Waals surface area contributed by atoms with Crippen LogP contribution in [0.3, 0.4) is 0 Å². The Balaban J connectivity index is 0.00000192. The number of nitrogens with zero attached hydrogens (tertiary/aromatic N) is 1. The molecule has 0 unspecified atom stereocenters. The highest BCUT2D eigenvalue weighted by Gasteiger charge is 2.21. The Kier molecular flexibility index (Phi) is 5.64. The lowest BCUT2D eigenvalue weighted by molar-refractivity contribution is 0.588. The van der Waals surface area contributed by atoms with Crippen LogP contribution in [0.5, 0.6) is 0 Å². The van der Waals surface area contributed by atoms with E-state index in [2.05, 4.69) is 5.32 Å². The summed E-state index contributed by atoms with van der Waals surface area (Å²) in [5.74, 6) is 0. The first-order valence-electron chi connectivity index (χ1n) is 6.82. The minimum Gasteiger partial charge on any atom is -0.316 e. The number of halogens is 1. The van der Waals surface area contributed by atoms with Crippen molar-refractivity contribution in [1.82, 2.24) is 9.29 Å². The highest BCUT2D eigenvalue weighted by molar-refractivity contribution is 7.90. The van der Waals surface area contributed by atoms with Crippen LogP contribution in [-0.4, -0.2) is 19.4 Å². The number of hydrogen-bond donors (Lipinski definition) is 1. The molecule has 0 bridgehead atoms. The van der Waals surface area contributed by atoms with E-state index in [4.69, 9.17) is 0 Å². The summed E-state index contributed by atoms with van der Waals surface area (Å²) >= 11 is 1.55. The minimum atomic E-state index is -3.60. The maximum Gasteiger partial charge on any atom is 0.268 e. The number of benzene rings is 1. The van der Waals surface area contributed by atoms with Gasteiger partial charge in [-0.1, -0.05) is 18.2 Å². The molecule has 0 aliphatic heterocycles. The van der Waals surface area contributed by atoms with Crippen molar-refractivity contribution in [3.05, 3.63) is 65.0 Å². The van der Waals surface area contributed by atoms with Gasteiger partial charge in [0.2, 0.25) is 0 Å². The van der Waals surface area contributed by atoms with Gasteiger partial charge in [0, 0.05) is 23.7 Å². The average Bonchev–Trinajstić information content (AvgIpc) is 3.17. The fourth-order valence-electron chi connectivity index (χ4n) is 2.32. The molecular formula is C16H17ClN2O2S2. The summed E-state index contributed by atoms with van der Waals surface area (Å²) in [5.41, 5.74) is 2.53. The number of thiophene rings is 1. The van der Waals surface area contributed by atoms with E-state index in [1.807, 2.05) is 29.9 Å². The van der Waals surface area contributed by atoms with Crippen molar-refractivity contribution in [3.8, 4) is 11.3 Å². The molecule has 3 rings (SSSR count). The first kappa shape index (κ1) is 17.7. The molecule has 0 spiro atoms. The molecule has 1 aromatic carbocycles. The third-order valence-electron chi connectivity index (χ3n) is 3.34. The summed E-state index contributed by atoms with van der Waals surface area (Å²) < 4.78 is 27.2. The third-order valence-corrected chi connectivity index (χ3v) is 5.71. The summed E-state index contributed by atoms with van der Waals surface area (Å²) in [4.78, 5) is 0.290. The number of rotatable bonds is 5. The Morgan fingerprint density at radius 3 is 2.52 bits per heavy atom. The van der Waals surface area contributed by atoms with Gasteiger partial charge in [-0.2, -0.15) is 11.3 Å². The van der Waals surface area contributed by atoms with Crippen LogP contribution < -0.4 is 5.32 Å². The standard InChI is InChI=1S/C16H16N2O2S2.ClH/c1-17-10-13-9-16(14-7-8-21-12-14)18(11-13)22(19,20)15-5-3-2-4-6-15;/h2-9,11-12,17H,10H2,1H3;1H. The molecule has 0 radical (unpaired) electrons. The van der Waals surface area contributed by atoms with Gasteiger partial charge in [-0.25, -0.2) is 12.4 Å². The Hall–Kier alpha value is -1.60. The highest BCUT2D eigenvalue weighted by atomic mass is 35.5. The molecule has 0 atom stereocenters. The second-order valence-corrected chi connectivity index (χ2v) is 7.48. The van der Waals surface area contributed by atoms with Crippen LogP contribution in [0.25, 0.3) is 11.3 Å². The van der Waals surface area contributed by atoms with Gasteiger partial charge in [0.05, 0.1) is 10.6 Å². The van der Waals surface area contributed by atoms with Gasteiger partial charge >= 0.3 is 0 Å². The van der Waals surface area contributed by atoms with Crippen molar-refractivity contribution >= 4 is 33.8 Å². The van der Waals surface area contributed by atoms with Crippen LogP contribution in [0.2, 0.25) is 0 Å². The zero-order chi connectivity index (χ0) is 15.6. The minimum absolute atomic E-state index is 0. The molecule has 122 valence electrons. The van der Waals surface area contributed by atoms with Crippen LogP contribution in [0.4, 0.5) is 0 Å². The van der Waals surface area contributed by atoms with Gasteiger partial charge in [0.1, 0.15) is 0 Å². The molecule has 0 aliphatic rings. The SMILES string of the molecule is CNCc1cc(-c2ccsc2)n(S(=O)(=O)c2ccccc2)c1.Cl. The fraction of sp³-hybridized carbons (Fsp3) is 0.125. The molecule has 4 nitrogen and oxygen atoms in total. The van der Waals surface area contributed by atoms with Gasteiger partial charge < -0.3 is 5.32 Å². The van der Waals surface area contributed by atoms with E-state index >= 15 is 0 Å². The molecule has 0 fully saturated rings. The molecule has 0 aliphatic carbocycles. The molecule has 3 aromatic rings. The summed E-state index contributed by atoms with van der Waals surface area (Å²) in [7, 11) is -1.76. The zero-order valence-corrected chi connectivity index (χ0v) is 14.9. The predicted octanol–water partition coefficient (Wildman–Crippen LogP) is 3.59. The van der Waals surface area contributed by atoms with Crippen LogP contribution in [0, 0.1) is 0 Å². The van der Waals surface area contributed by atoms with E-state index in [0.717, 1.165) is 11.1 Å². The van der Waals surface area contributed by atoms with Gasteiger partial charge in [-0.05, 0) is 42.3 Å². The molecule has 23 heavy (non-hydrogen) atoms. The Bertz CT molecular complexity index is 857. The molecule has 0 amide bonds. The van der Waals surface area contributed by atoms with E-state index in [9.17, 15) is 8.42 Å². The van der Waals surface area contributed by atoms with Gasteiger partial charge in [0.15, 0.2) is 0 Å². The van der Waals surface area contributed by atoms with E-state index < -0.39 is 10.0 Å². The summed E-state index contributed by atoms with van der Waals surface area (Å²) in [5, 5.41) is 6.95. The summed E-state index contributed by atoms with van der Waals surface area (Å²) in [6.45, 7) is 0.619. The number of hydrogen-bond acceptors (Lipinski definition) is 4. The van der Waals surface area contributed by atoms with Gasteiger partial charge in [-0.15, -0.1) is 12.4 Å². The van der Waals surface area contributed by atoms with Crippen molar-refractivity contribution in [2.24, 2.45) is 0 Å². The average molecular weight is 369 g/mol. The van der Waals surface area contributed by atoms with Crippen molar-refractivity contribution in [2.45, 2.75) is 11.4 Å². The Morgan fingerprint density at radius 1 is 1.17 bits per heavy atom. The second kappa shape index (κ2) is 7.31. The van der Waals surface area contributed by atoms with E-state index in [1.165, 1.54) is 3.97 Å². The van der Waals surface area contributed by atoms with Crippen LogP contribution in [-0.2, 0) is 16.6 Å². The molecule has 2 aromatic heterocycles. The Morgan fingerprint density at radius 2 is 1.91 bits per heavy atom. The van der Waals surface area contributed by atoms with E-state index in [-0.39, 0.29) is 17.3 Å². The second-order valence-electron chi connectivity index (χ2n) is 4.89. The lowest BCUT2D eigenvalue weighted by atomic mass is 10.2. The van der Waals surface area contributed by atoms with Crippen molar-refractivity contribution < 1.29 is 8.42 Å². The van der Waals surface area contributed by atoms with E-state index in [0.29, 0.717) is 12.2 Å². The molecule has 2 heterocycles. The molecule has 7 heteroatoms.